The van der Waals surface area contributed by atoms with Crippen molar-refractivity contribution in [2.75, 3.05) is 7.11 Å². The van der Waals surface area contributed by atoms with Gasteiger partial charge in [-0.1, -0.05) is 12.1 Å². The summed E-state index contributed by atoms with van der Waals surface area (Å²) in [4.78, 5) is 14.4. The van der Waals surface area contributed by atoms with E-state index in [-0.39, 0.29) is 11.0 Å². The third-order valence-corrected chi connectivity index (χ3v) is 3.10. The molecule has 0 saturated carbocycles. The summed E-state index contributed by atoms with van der Waals surface area (Å²) in [6, 6.07) is 8.22. The lowest BCUT2D eigenvalue weighted by atomic mass is 9.78. The predicted molar refractivity (Wildman–Crippen MR) is 78.3 cm³/mol. The number of methoxy groups -OCH3 is 1. The molecule has 0 atom stereocenters. The number of ether oxygens (including phenoxy) is 1. The fourth-order valence-electron chi connectivity index (χ4n) is 2.13. The number of pyridine rings is 1. The van der Waals surface area contributed by atoms with Gasteiger partial charge in [-0.25, -0.2) is 0 Å². The van der Waals surface area contributed by atoms with Crippen LogP contribution in [0.5, 0.6) is 5.75 Å². The molecule has 0 bridgehead atoms. The molecule has 1 heterocycles. The van der Waals surface area contributed by atoms with E-state index in [2.05, 4.69) is 4.98 Å². The Hall–Kier alpha value is -2.56. The van der Waals surface area contributed by atoms with Gasteiger partial charge in [0.25, 0.3) is 5.56 Å². The van der Waals surface area contributed by atoms with Crippen LogP contribution in [0.3, 0.4) is 0 Å². The Labute approximate surface area is 121 Å². The molecule has 3 N–H and O–H groups in total. The van der Waals surface area contributed by atoms with Crippen LogP contribution in [-0.2, 0) is 0 Å². The molecule has 1 aromatic carbocycles. The van der Waals surface area contributed by atoms with Gasteiger partial charge < -0.3 is 19.8 Å². The number of nitrogens with one attached hydrogen (secondary N) is 1. The Kier molecular flexibility index (Phi) is 4.12. The van der Waals surface area contributed by atoms with E-state index in [1.807, 2.05) is 6.07 Å². The highest BCUT2D eigenvalue weighted by Gasteiger charge is 2.19. The Bertz CT molecular complexity index is 778. The first-order valence-electron chi connectivity index (χ1n) is 6.16. The molecule has 0 unspecified atom stereocenters. The van der Waals surface area contributed by atoms with Crippen LogP contribution in [0.1, 0.15) is 11.3 Å². The minimum Gasteiger partial charge on any atom is -0.497 e. The molecule has 0 saturated heterocycles. The average molecular weight is 284 g/mol. The smallest absolute Gasteiger partial charge is 0.492 e. The van der Waals surface area contributed by atoms with Crippen molar-refractivity contribution in [1.29, 1.82) is 5.26 Å². The van der Waals surface area contributed by atoms with Gasteiger partial charge in [0.1, 0.15) is 17.4 Å². The van der Waals surface area contributed by atoms with Crippen molar-refractivity contribution in [3.8, 4) is 22.9 Å². The lowest BCUT2D eigenvalue weighted by Gasteiger charge is -2.11. The van der Waals surface area contributed by atoms with Crippen molar-refractivity contribution in [3.63, 3.8) is 0 Å². The molecule has 0 fully saturated rings. The van der Waals surface area contributed by atoms with Crippen molar-refractivity contribution in [2.24, 2.45) is 0 Å². The lowest BCUT2D eigenvalue weighted by molar-refractivity contribution is 0.403. The zero-order chi connectivity index (χ0) is 15.6. The highest BCUT2D eigenvalue weighted by atomic mass is 16.5. The maximum Gasteiger partial charge on any atom is 0.492 e. The third-order valence-electron chi connectivity index (χ3n) is 3.10. The molecular weight excluding hydrogens is 271 g/mol. The topological polar surface area (TPSA) is 106 Å². The molecule has 6 nitrogen and oxygen atoms in total. The molecule has 106 valence electrons. The molecule has 0 aliphatic rings. The van der Waals surface area contributed by atoms with Crippen LogP contribution in [0.4, 0.5) is 0 Å². The molecule has 7 heteroatoms. The van der Waals surface area contributed by atoms with Crippen molar-refractivity contribution in [2.45, 2.75) is 6.92 Å². The van der Waals surface area contributed by atoms with Gasteiger partial charge in [-0.2, -0.15) is 5.26 Å². The normalized spacial score (nSPS) is 10.0. The zero-order valence-corrected chi connectivity index (χ0v) is 11.5. The maximum atomic E-state index is 11.8. The molecule has 2 aromatic rings. The predicted octanol–water partition coefficient (Wildman–Crippen LogP) is -0.0896. The molecule has 0 spiro atoms. The number of benzene rings is 1. The van der Waals surface area contributed by atoms with Crippen LogP contribution in [0.25, 0.3) is 11.1 Å². The van der Waals surface area contributed by atoms with Gasteiger partial charge in [0.2, 0.25) is 0 Å². The standard InChI is InChI=1S/C14H13BN2O4/c1-8-5-10(11(7-16)14(18)17-8)9-3-4-13(21-2)12(6-9)15(19)20/h3-6,19-20H,1-2H3,(H,17,18). The number of H-pyrrole nitrogens is 1. The minimum absolute atomic E-state index is 0.0239. The summed E-state index contributed by atoms with van der Waals surface area (Å²) >= 11 is 0. The van der Waals surface area contributed by atoms with Crippen molar-refractivity contribution >= 4 is 12.6 Å². The van der Waals surface area contributed by atoms with E-state index in [1.165, 1.54) is 13.2 Å². The summed E-state index contributed by atoms with van der Waals surface area (Å²) < 4.78 is 5.05. The Morgan fingerprint density at radius 1 is 1.33 bits per heavy atom. The van der Waals surface area contributed by atoms with Crippen LogP contribution in [0.15, 0.2) is 29.1 Å². The molecule has 0 aliphatic carbocycles. The lowest BCUT2D eigenvalue weighted by Crippen LogP contribution is -2.31. The van der Waals surface area contributed by atoms with E-state index < -0.39 is 12.7 Å². The zero-order valence-electron chi connectivity index (χ0n) is 11.5. The number of rotatable bonds is 3. The van der Waals surface area contributed by atoms with Gasteiger partial charge in [-0.3, -0.25) is 4.79 Å². The first kappa shape index (κ1) is 14.8. The Morgan fingerprint density at radius 2 is 2.05 bits per heavy atom. The third kappa shape index (κ3) is 2.82. The van der Waals surface area contributed by atoms with E-state index in [9.17, 15) is 14.8 Å². The highest BCUT2D eigenvalue weighted by molar-refractivity contribution is 6.59. The van der Waals surface area contributed by atoms with Gasteiger partial charge in [-0.05, 0) is 24.6 Å². The molecule has 0 amide bonds. The van der Waals surface area contributed by atoms with E-state index >= 15 is 0 Å². The van der Waals surface area contributed by atoms with Crippen LogP contribution in [-0.4, -0.2) is 29.3 Å². The van der Waals surface area contributed by atoms with Crippen LogP contribution < -0.4 is 15.8 Å². The quantitative estimate of drug-likeness (QED) is 0.683. The fraction of sp³-hybridized carbons (Fsp3) is 0.143. The molecule has 21 heavy (non-hydrogen) atoms. The Balaban J connectivity index is 2.71. The van der Waals surface area contributed by atoms with Crippen LogP contribution in [0.2, 0.25) is 0 Å². The molecule has 0 radical (unpaired) electrons. The van der Waals surface area contributed by atoms with Gasteiger partial charge in [-0.15, -0.1) is 0 Å². The average Bonchev–Trinajstić information content (AvgIpc) is 2.45. The minimum atomic E-state index is -1.71. The Morgan fingerprint density at radius 3 is 2.62 bits per heavy atom. The molecule has 0 aliphatic heterocycles. The van der Waals surface area contributed by atoms with Gasteiger partial charge in [0.15, 0.2) is 0 Å². The highest BCUT2D eigenvalue weighted by Crippen LogP contribution is 2.23. The summed E-state index contributed by atoms with van der Waals surface area (Å²) in [7, 11) is -0.299. The van der Waals surface area contributed by atoms with E-state index in [0.29, 0.717) is 22.6 Å². The van der Waals surface area contributed by atoms with Crippen LogP contribution >= 0.6 is 0 Å². The number of aromatic amines is 1. The first-order chi connectivity index (χ1) is 9.97. The molecular formula is C14H13BN2O4. The van der Waals surface area contributed by atoms with Gasteiger partial charge in [0.05, 0.1) is 7.11 Å². The number of nitrogens with zero attached hydrogens (tertiary/aromatic N) is 1. The van der Waals surface area contributed by atoms with Crippen LogP contribution in [0, 0.1) is 18.3 Å². The second kappa shape index (κ2) is 5.83. The maximum absolute atomic E-state index is 11.8. The summed E-state index contributed by atoms with van der Waals surface area (Å²) in [5.74, 6) is 0.314. The molecule has 2 rings (SSSR count). The number of aryl methyl sites for hydroxylation is 1. The number of nitriles is 1. The summed E-state index contributed by atoms with van der Waals surface area (Å²) in [6.07, 6.45) is 0. The second-order valence-electron chi connectivity index (χ2n) is 4.51. The molecule has 1 aromatic heterocycles. The number of hydrogen-bond donors (Lipinski definition) is 3. The van der Waals surface area contributed by atoms with E-state index in [0.717, 1.165) is 0 Å². The first-order valence-corrected chi connectivity index (χ1v) is 6.16. The van der Waals surface area contributed by atoms with Crippen molar-refractivity contribution in [3.05, 3.63) is 45.9 Å². The summed E-state index contributed by atoms with van der Waals surface area (Å²) in [6.45, 7) is 1.71. The largest absolute Gasteiger partial charge is 0.497 e. The van der Waals surface area contributed by atoms with Crippen molar-refractivity contribution < 1.29 is 14.8 Å². The van der Waals surface area contributed by atoms with E-state index in [1.54, 1.807) is 25.1 Å². The second-order valence-corrected chi connectivity index (χ2v) is 4.51. The van der Waals surface area contributed by atoms with Gasteiger partial charge >= 0.3 is 7.12 Å². The van der Waals surface area contributed by atoms with E-state index in [4.69, 9.17) is 10.00 Å². The monoisotopic (exact) mass is 284 g/mol. The van der Waals surface area contributed by atoms with Crippen molar-refractivity contribution in [1.82, 2.24) is 4.98 Å². The number of hydrogen-bond acceptors (Lipinski definition) is 5. The summed E-state index contributed by atoms with van der Waals surface area (Å²) in [5, 5.41) is 27.9. The fourth-order valence-corrected chi connectivity index (χ4v) is 2.13. The van der Waals surface area contributed by atoms with Gasteiger partial charge in [0, 0.05) is 16.7 Å². The number of aromatic nitrogens is 1. The summed E-state index contributed by atoms with van der Waals surface area (Å²) in [5.41, 5.74) is 1.24. The SMILES string of the molecule is COc1ccc(-c2cc(C)[nH]c(=O)c2C#N)cc1B(O)O.